The molecular weight excluding hydrogens is 396 g/mol. The molecule has 158 valence electrons. The standard InChI is InChI=1S/C24H22N2O5/c1-4-14-17-8-13(31-12(3)27)6-7-20(17)25-22-18(14)10-26-21(22)9-16-15(5-2)24(29)30-11-19(16)23(26)28/h6-9,15H,4-5,10-11H2,1-3H3. The number of aryl methyl sites for hydroxylation is 1. The SMILES string of the molecule is CCc1c2c(nc3ccc(OC(C)=O)cc13)-c1cc3c(c(=O)n1C2)COC(=O)C3CC. The lowest BCUT2D eigenvalue weighted by molar-refractivity contribution is -0.148. The zero-order valence-electron chi connectivity index (χ0n) is 17.7. The van der Waals surface area contributed by atoms with Crippen molar-refractivity contribution in [3.8, 4) is 17.1 Å². The van der Waals surface area contributed by atoms with E-state index in [9.17, 15) is 14.4 Å². The van der Waals surface area contributed by atoms with Gasteiger partial charge in [0.1, 0.15) is 12.4 Å². The summed E-state index contributed by atoms with van der Waals surface area (Å²) < 4.78 is 12.3. The molecule has 7 nitrogen and oxygen atoms in total. The van der Waals surface area contributed by atoms with E-state index in [2.05, 4.69) is 6.92 Å². The molecular formula is C24H22N2O5. The molecule has 2 aromatic heterocycles. The lowest BCUT2D eigenvalue weighted by atomic mass is 9.90. The number of nitrogens with zero attached hydrogens (tertiary/aromatic N) is 2. The van der Waals surface area contributed by atoms with Crippen LogP contribution in [0.2, 0.25) is 0 Å². The zero-order chi connectivity index (χ0) is 21.9. The number of rotatable bonds is 3. The summed E-state index contributed by atoms with van der Waals surface area (Å²) in [6.45, 7) is 5.79. The van der Waals surface area contributed by atoms with Crippen LogP contribution in [0.4, 0.5) is 0 Å². The van der Waals surface area contributed by atoms with E-state index in [1.807, 2.05) is 25.1 Å². The molecule has 2 aliphatic heterocycles. The number of benzene rings is 1. The molecule has 0 aliphatic carbocycles. The smallest absolute Gasteiger partial charge is 0.313 e. The number of esters is 2. The second-order valence-corrected chi connectivity index (χ2v) is 7.97. The Bertz CT molecular complexity index is 1340. The number of aromatic nitrogens is 2. The molecule has 7 heteroatoms. The molecule has 0 saturated heterocycles. The fraction of sp³-hybridized carbons (Fsp3) is 0.333. The van der Waals surface area contributed by atoms with Crippen LogP contribution >= 0.6 is 0 Å². The van der Waals surface area contributed by atoms with Crippen molar-refractivity contribution in [2.45, 2.75) is 52.7 Å². The van der Waals surface area contributed by atoms with Crippen LogP contribution in [0.5, 0.6) is 5.75 Å². The van der Waals surface area contributed by atoms with E-state index in [1.165, 1.54) is 6.92 Å². The first kappa shape index (κ1) is 19.5. The molecule has 2 aliphatic rings. The van der Waals surface area contributed by atoms with Gasteiger partial charge in [-0.3, -0.25) is 14.4 Å². The summed E-state index contributed by atoms with van der Waals surface area (Å²) in [6.07, 6.45) is 1.32. The summed E-state index contributed by atoms with van der Waals surface area (Å²) in [7, 11) is 0. The molecule has 0 amide bonds. The third-order valence-corrected chi connectivity index (χ3v) is 6.21. The molecule has 1 atom stereocenters. The molecule has 4 heterocycles. The second-order valence-electron chi connectivity index (χ2n) is 7.97. The second kappa shape index (κ2) is 7.04. The highest BCUT2D eigenvalue weighted by atomic mass is 16.5. The van der Waals surface area contributed by atoms with Crippen molar-refractivity contribution < 1.29 is 19.1 Å². The van der Waals surface area contributed by atoms with Gasteiger partial charge in [-0.2, -0.15) is 0 Å². The van der Waals surface area contributed by atoms with Crippen LogP contribution in [0.25, 0.3) is 22.3 Å². The van der Waals surface area contributed by atoms with Gasteiger partial charge in [-0.15, -0.1) is 0 Å². The van der Waals surface area contributed by atoms with E-state index in [0.717, 1.165) is 45.4 Å². The number of cyclic esters (lactones) is 1. The predicted molar refractivity (Wildman–Crippen MR) is 114 cm³/mol. The van der Waals surface area contributed by atoms with Crippen LogP contribution in [0.3, 0.4) is 0 Å². The van der Waals surface area contributed by atoms with Gasteiger partial charge in [0.15, 0.2) is 0 Å². The summed E-state index contributed by atoms with van der Waals surface area (Å²) in [4.78, 5) is 41.8. The maximum absolute atomic E-state index is 13.3. The number of ether oxygens (including phenoxy) is 2. The van der Waals surface area contributed by atoms with Crippen molar-refractivity contribution in [2.24, 2.45) is 0 Å². The van der Waals surface area contributed by atoms with Crippen molar-refractivity contribution in [1.29, 1.82) is 0 Å². The summed E-state index contributed by atoms with van der Waals surface area (Å²) in [5, 5.41) is 0.913. The van der Waals surface area contributed by atoms with Gasteiger partial charge in [-0.05, 0) is 48.2 Å². The zero-order valence-corrected chi connectivity index (χ0v) is 17.7. The van der Waals surface area contributed by atoms with Crippen LogP contribution in [-0.2, 0) is 33.9 Å². The number of carbonyl (C=O) groups is 2. The van der Waals surface area contributed by atoms with Gasteiger partial charge in [0.25, 0.3) is 5.56 Å². The monoisotopic (exact) mass is 418 g/mol. The van der Waals surface area contributed by atoms with E-state index in [0.29, 0.717) is 24.3 Å². The summed E-state index contributed by atoms with van der Waals surface area (Å²) >= 11 is 0. The fourth-order valence-corrected chi connectivity index (χ4v) is 4.80. The third-order valence-electron chi connectivity index (χ3n) is 6.21. The van der Waals surface area contributed by atoms with Crippen molar-refractivity contribution >= 4 is 22.8 Å². The first-order valence-corrected chi connectivity index (χ1v) is 10.5. The average molecular weight is 418 g/mol. The highest BCUT2D eigenvalue weighted by Crippen LogP contribution is 2.39. The van der Waals surface area contributed by atoms with E-state index < -0.39 is 5.92 Å². The van der Waals surface area contributed by atoms with Gasteiger partial charge in [0.2, 0.25) is 0 Å². The summed E-state index contributed by atoms with van der Waals surface area (Å²) in [6, 6.07) is 7.33. The molecule has 31 heavy (non-hydrogen) atoms. The third kappa shape index (κ3) is 2.87. The number of fused-ring (bicyclic) bond motifs is 5. The van der Waals surface area contributed by atoms with Gasteiger partial charge in [0, 0.05) is 17.9 Å². The van der Waals surface area contributed by atoms with Crippen LogP contribution < -0.4 is 10.3 Å². The Balaban J connectivity index is 1.74. The van der Waals surface area contributed by atoms with Gasteiger partial charge >= 0.3 is 11.9 Å². The fourth-order valence-electron chi connectivity index (χ4n) is 4.80. The Morgan fingerprint density at radius 3 is 2.74 bits per heavy atom. The minimum Gasteiger partial charge on any atom is -0.460 e. The maximum atomic E-state index is 13.3. The van der Waals surface area contributed by atoms with E-state index in [-0.39, 0.29) is 24.1 Å². The quantitative estimate of drug-likeness (QED) is 0.374. The Morgan fingerprint density at radius 1 is 1.23 bits per heavy atom. The number of hydrogen-bond acceptors (Lipinski definition) is 6. The minimum absolute atomic E-state index is 0.0158. The molecule has 3 aromatic rings. The Morgan fingerprint density at radius 2 is 2.03 bits per heavy atom. The van der Waals surface area contributed by atoms with E-state index in [1.54, 1.807) is 10.6 Å². The highest BCUT2D eigenvalue weighted by Gasteiger charge is 2.34. The molecule has 0 N–H and O–H groups in total. The molecule has 0 spiro atoms. The first-order chi connectivity index (χ1) is 14.9. The Labute approximate surface area is 178 Å². The molecule has 0 fully saturated rings. The molecule has 1 unspecified atom stereocenters. The van der Waals surface area contributed by atoms with Gasteiger partial charge in [-0.25, -0.2) is 4.98 Å². The largest absolute Gasteiger partial charge is 0.460 e. The summed E-state index contributed by atoms with van der Waals surface area (Å²) in [5.41, 5.74) is 5.56. The number of hydrogen-bond donors (Lipinski definition) is 0. The molecule has 5 rings (SSSR count). The Hall–Kier alpha value is -3.48. The average Bonchev–Trinajstić information content (AvgIpc) is 3.10. The highest BCUT2D eigenvalue weighted by molar-refractivity contribution is 5.90. The lowest BCUT2D eigenvalue weighted by Crippen LogP contribution is -2.32. The van der Waals surface area contributed by atoms with E-state index >= 15 is 0 Å². The molecule has 0 bridgehead atoms. The van der Waals surface area contributed by atoms with Crippen LogP contribution in [0.1, 0.15) is 55.4 Å². The maximum Gasteiger partial charge on any atom is 0.313 e. The van der Waals surface area contributed by atoms with Gasteiger partial charge < -0.3 is 14.0 Å². The van der Waals surface area contributed by atoms with Crippen molar-refractivity contribution in [3.05, 3.63) is 56.9 Å². The van der Waals surface area contributed by atoms with Gasteiger partial charge in [0.05, 0.1) is 34.9 Å². The van der Waals surface area contributed by atoms with Crippen LogP contribution in [-0.4, -0.2) is 21.5 Å². The molecule has 0 saturated carbocycles. The molecule has 1 aromatic carbocycles. The van der Waals surface area contributed by atoms with Crippen LogP contribution in [0.15, 0.2) is 29.1 Å². The van der Waals surface area contributed by atoms with Gasteiger partial charge in [-0.1, -0.05) is 13.8 Å². The lowest BCUT2D eigenvalue weighted by Gasteiger charge is -2.24. The topological polar surface area (TPSA) is 87.5 Å². The Kier molecular flexibility index (Phi) is 4.43. The number of pyridine rings is 2. The van der Waals surface area contributed by atoms with Crippen LogP contribution in [0, 0.1) is 0 Å². The minimum atomic E-state index is -0.427. The first-order valence-electron chi connectivity index (χ1n) is 10.5. The van der Waals surface area contributed by atoms with Crippen molar-refractivity contribution in [2.75, 3.05) is 0 Å². The van der Waals surface area contributed by atoms with Crippen molar-refractivity contribution in [1.82, 2.24) is 9.55 Å². The van der Waals surface area contributed by atoms with E-state index in [4.69, 9.17) is 14.5 Å². The van der Waals surface area contributed by atoms with Crippen molar-refractivity contribution in [3.63, 3.8) is 0 Å². The summed E-state index contributed by atoms with van der Waals surface area (Å²) in [5.74, 6) is -0.612. The normalized spacial score (nSPS) is 16.5. The predicted octanol–water partition coefficient (Wildman–Crippen LogP) is 3.46. The molecule has 0 radical (unpaired) electrons. The number of carbonyl (C=O) groups excluding carboxylic acids is 2.